The average Bonchev–Trinajstić information content (AvgIpc) is 1.97. The highest BCUT2D eigenvalue weighted by atomic mass is 16.5. The van der Waals surface area contributed by atoms with Crippen molar-refractivity contribution < 1.29 is 9.53 Å². The average molecular weight is 153 g/mol. The van der Waals surface area contributed by atoms with Crippen LogP contribution < -0.4 is 0 Å². The van der Waals surface area contributed by atoms with Crippen molar-refractivity contribution in [1.82, 2.24) is 0 Å². The van der Waals surface area contributed by atoms with Crippen LogP contribution in [0.4, 0.5) is 0 Å². The van der Waals surface area contributed by atoms with E-state index in [0.29, 0.717) is 6.42 Å². The molecule has 0 saturated heterocycles. The number of aliphatic imine (C=N–C) groups is 1. The molecule has 0 aromatic carbocycles. The van der Waals surface area contributed by atoms with Crippen molar-refractivity contribution in [2.75, 3.05) is 7.11 Å². The SMILES string of the molecule is C#CN=CCC(OC)C(C)=O. The molecular formula is C8H11NO2. The Kier molecular flexibility index (Phi) is 5.05. The topological polar surface area (TPSA) is 38.7 Å². The Labute approximate surface area is 66.5 Å². The highest BCUT2D eigenvalue weighted by Crippen LogP contribution is 1.95. The standard InChI is InChI=1S/C8H11NO2/c1-4-9-6-5-8(11-3)7(2)10/h1,6,8H,5H2,2-3H3. The van der Waals surface area contributed by atoms with Gasteiger partial charge in [-0.2, -0.15) is 0 Å². The first-order chi connectivity index (χ1) is 5.22. The summed E-state index contributed by atoms with van der Waals surface area (Å²) in [6.45, 7) is 1.47. The highest BCUT2D eigenvalue weighted by molar-refractivity contribution is 5.83. The molecule has 0 aromatic heterocycles. The van der Waals surface area contributed by atoms with Crippen LogP contribution in [-0.2, 0) is 9.53 Å². The fourth-order valence-corrected chi connectivity index (χ4v) is 0.629. The van der Waals surface area contributed by atoms with Crippen LogP contribution >= 0.6 is 0 Å². The van der Waals surface area contributed by atoms with E-state index in [-0.39, 0.29) is 5.78 Å². The summed E-state index contributed by atoms with van der Waals surface area (Å²) in [5, 5.41) is 0. The zero-order valence-corrected chi connectivity index (χ0v) is 6.70. The van der Waals surface area contributed by atoms with E-state index in [0.717, 1.165) is 0 Å². The zero-order valence-electron chi connectivity index (χ0n) is 6.70. The molecule has 0 aliphatic heterocycles. The summed E-state index contributed by atoms with van der Waals surface area (Å²) in [6, 6.07) is 2.09. The number of ether oxygens (including phenoxy) is 1. The molecule has 0 radical (unpaired) electrons. The monoisotopic (exact) mass is 153 g/mol. The van der Waals surface area contributed by atoms with Crippen molar-refractivity contribution in [3.63, 3.8) is 0 Å². The second-order valence-corrected chi connectivity index (χ2v) is 2.01. The van der Waals surface area contributed by atoms with Crippen LogP contribution in [0.15, 0.2) is 4.99 Å². The van der Waals surface area contributed by atoms with E-state index in [9.17, 15) is 4.79 Å². The van der Waals surface area contributed by atoms with E-state index >= 15 is 0 Å². The van der Waals surface area contributed by atoms with Crippen LogP contribution in [-0.4, -0.2) is 25.2 Å². The van der Waals surface area contributed by atoms with Crippen molar-refractivity contribution in [2.24, 2.45) is 4.99 Å². The number of hydrogen-bond donors (Lipinski definition) is 0. The second-order valence-electron chi connectivity index (χ2n) is 2.01. The Balaban J connectivity index is 3.81. The maximum Gasteiger partial charge on any atom is 0.158 e. The number of methoxy groups -OCH3 is 1. The van der Waals surface area contributed by atoms with Crippen LogP contribution in [0.5, 0.6) is 0 Å². The molecule has 1 atom stereocenters. The number of rotatable bonds is 4. The van der Waals surface area contributed by atoms with Crippen LogP contribution in [0.25, 0.3) is 0 Å². The van der Waals surface area contributed by atoms with E-state index in [1.807, 2.05) is 0 Å². The van der Waals surface area contributed by atoms with E-state index in [2.05, 4.69) is 11.0 Å². The predicted molar refractivity (Wildman–Crippen MR) is 43.4 cm³/mol. The molecule has 0 heterocycles. The number of carbonyl (C=O) groups excluding carboxylic acids is 1. The molecule has 0 amide bonds. The lowest BCUT2D eigenvalue weighted by Crippen LogP contribution is -2.20. The third kappa shape index (κ3) is 4.29. The highest BCUT2D eigenvalue weighted by Gasteiger charge is 2.09. The number of nitrogens with zero attached hydrogens (tertiary/aromatic N) is 1. The molecule has 11 heavy (non-hydrogen) atoms. The van der Waals surface area contributed by atoms with E-state index in [4.69, 9.17) is 11.2 Å². The summed E-state index contributed by atoms with van der Waals surface area (Å²) in [5.74, 6) is -0.0176. The minimum atomic E-state index is -0.410. The third-order valence-electron chi connectivity index (χ3n) is 1.22. The van der Waals surface area contributed by atoms with Crippen molar-refractivity contribution in [3.8, 4) is 12.5 Å². The Morgan fingerprint density at radius 3 is 2.91 bits per heavy atom. The molecule has 0 fully saturated rings. The van der Waals surface area contributed by atoms with Gasteiger partial charge in [-0.1, -0.05) is 6.42 Å². The number of carbonyl (C=O) groups is 1. The molecule has 0 aliphatic carbocycles. The lowest BCUT2D eigenvalue weighted by molar-refractivity contribution is -0.126. The van der Waals surface area contributed by atoms with E-state index < -0.39 is 6.10 Å². The van der Waals surface area contributed by atoms with Crippen LogP contribution in [0.3, 0.4) is 0 Å². The lowest BCUT2D eigenvalue weighted by Gasteiger charge is -2.06. The van der Waals surface area contributed by atoms with Gasteiger partial charge in [-0.3, -0.25) is 4.79 Å². The summed E-state index contributed by atoms with van der Waals surface area (Å²) in [6.07, 6.45) is 6.38. The molecule has 3 nitrogen and oxygen atoms in total. The molecule has 0 N–H and O–H groups in total. The van der Waals surface area contributed by atoms with Crippen LogP contribution in [0.2, 0.25) is 0 Å². The maximum absolute atomic E-state index is 10.7. The quantitative estimate of drug-likeness (QED) is 0.439. The number of hydrogen-bond acceptors (Lipinski definition) is 3. The molecule has 1 unspecified atom stereocenters. The summed E-state index contributed by atoms with van der Waals surface area (Å²) in [5.41, 5.74) is 0. The minimum absolute atomic E-state index is 0.0176. The zero-order chi connectivity index (χ0) is 8.69. The number of ketones is 1. The summed E-state index contributed by atoms with van der Waals surface area (Å²) in [4.78, 5) is 14.2. The molecule has 0 aromatic rings. The lowest BCUT2D eigenvalue weighted by atomic mass is 10.2. The van der Waals surface area contributed by atoms with E-state index in [1.54, 1.807) is 0 Å². The molecule has 0 bridgehead atoms. The van der Waals surface area contributed by atoms with Gasteiger partial charge in [-0.05, 0) is 6.92 Å². The van der Waals surface area contributed by atoms with Gasteiger partial charge in [0, 0.05) is 25.8 Å². The summed E-state index contributed by atoms with van der Waals surface area (Å²) in [7, 11) is 1.48. The first-order valence-corrected chi connectivity index (χ1v) is 3.22. The molecule has 0 aliphatic rings. The van der Waals surface area contributed by atoms with Crippen molar-refractivity contribution in [1.29, 1.82) is 0 Å². The first kappa shape index (κ1) is 9.86. The Hall–Kier alpha value is -1.14. The molecular weight excluding hydrogens is 142 g/mol. The Morgan fingerprint density at radius 2 is 2.55 bits per heavy atom. The van der Waals surface area contributed by atoms with Crippen molar-refractivity contribution in [2.45, 2.75) is 19.4 Å². The van der Waals surface area contributed by atoms with Crippen LogP contribution in [0.1, 0.15) is 13.3 Å². The van der Waals surface area contributed by atoms with Gasteiger partial charge in [0.1, 0.15) is 6.10 Å². The number of Topliss-reactive ketones (excluding diaryl/α,β-unsaturated/α-hetero) is 1. The molecule has 0 rings (SSSR count). The summed E-state index contributed by atoms with van der Waals surface area (Å²) < 4.78 is 4.85. The van der Waals surface area contributed by atoms with Crippen LogP contribution in [0, 0.1) is 12.5 Å². The van der Waals surface area contributed by atoms with Gasteiger partial charge in [0.2, 0.25) is 0 Å². The molecule has 60 valence electrons. The fourth-order valence-electron chi connectivity index (χ4n) is 0.629. The Morgan fingerprint density at radius 1 is 1.91 bits per heavy atom. The van der Waals surface area contributed by atoms with Gasteiger partial charge in [-0.15, -0.1) is 0 Å². The van der Waals surface area contributed by atoms with Gasteiger partial charge >= 0.3 is 0 Å². The maximum atomic E-state index is 10.7. The normalized spacial score (nSPS) is 12.8. The fraction of sp³-hybridized carbons (Fsp3) is 0.500. The van der Waals surface area contributed by atoms with Crippen molar-refractivity contribution >= 4 is 12.0 Å². The molecule has 3 heteroatoms. The smallest absolute Gasteiger partial charge is 0.158 e. The van der Waals surface area contributed by atoms with E-state index in [1.165, 1.54) is 20.2 Å². The summed E-state index contributed by atoms with van der Waals surface area (Å²) >= 11 is 0. The minimum Gasteiger partial charge on any atom is -0.373 e. The first-order valence-electron chi connectivity index (χ1n) is 3.22. The predicted octanol–water partition coefficient (Wildman–Crippen LogP) is 0.642. The second kappa shape index (κ2) is 5.63. The molecule has 0 spiro atoms. The van der Waals surface area contributed by atoms with Gasteiger partial charge in [0.25, 0.3) is 0 Å². The van der Waals surface area contributed by atoms with Gasteiger partial charge < -0.3 is 4.74 Å². The number of terminal acetylenes is 1. The van der Waals surface area contributed by atoms with Gasteiger partial charge in [0.15, 0.2) is 5.78 Å². The largest absolute Gasteiger partial charge is 0.373 e. The van der Waals surface area contributed by atoms with Gasteiger partial charge in [0.05, 0.1) is 0 Å². The van der Waals surface area contributed by atoms with Gasteiger partial charge in [-0.25, -0.2) is 4.99 Å². The Bertz CT molecular complexity index is 191. The molecule has 0 saturated carbocycles. The van der Waals surface area contributed by atoms with Crippen molar-refractivity contribution in [3.05, 3.63) is 0 Å². The third-order valence-corrected chi connectivity index (χ3v) is 1.22.